The highest BCUT2D eigenvalue weighted by molar-refractivity contribution is 7.99. The summed E-state index contributed by atoms with van der Waals surface area (Å²) in [6.07, 6.45) is -0.568. The summed E-state index contributed by atoms with van der Waals surface area (Å²) < 4.78 is 5.54. The molecule has 1 N–H and O–H groups in total. The molecule has 0 aromatic heterocycles. The molecule has 0 radical (unpaired) electrons. The summed E-state index contributed by atoms with van der Waals surface area (Å²) in [7, 11) is 0. The number of hydrogen-bond acceptors (Lipinski definition) is 3. The van der Waals surface area contributed by atoms with E-state index in [9.17, 15) is 5.11 Å². The second kappa shape index (κ2) is 7.58. The van der Waals surface area contributed by atoms with Crippen molar-refractivity contribution in [3.63, 3.8) is 0 Å². The van der Waals surface area contributed by atoms with Gasteiger partial charge in [0, 0.05) is 21.2 Å². The molecule has 0 aliphatic heterocycles. The molecule has 106 valence electrons. The number of aliphatic hydroxyl groups is 1. The van der Waals surface area contributed by atoms with Gasteiger partial charge in [-0.2, -0.15) is 0 Å². The second-order valence-corrected chi connectivity index (χ2v) is 5.78. The minimum Gasteiger partial charge on any atom is -0.493 e. The van der Waals surface area contributed by atoms with E-state index in [2.05, 4.69) is 0 Å². The molecule has 0 amide bonds. The third-order valence-electron chi connectivity index (χ3n) is 2.78. The van der Waals surface area contributed by atoms with Crippen molar-refractivity contribution in [2.45, 2.75) is 17.9 Å². The molecule has 4 heteroatoms. The maximum atomic E-state index is 10.3. The Labute approximate surface area is 128 Å². The molecule has 2 aromatic rings. The molecule has 1 atom stereocenters. The van der Waals surface area contributed by atoms with Gasteiger partial charge in [0.05, 0.1) is 12.7 Å². The minimum absolute atomic E-state index is 0.560. The van der Waals surface area contributed by atoms with E-state index in [-0.39, 0.29) is 0 Å². The Morgan fingerprint density at radius 1 is 1.20 bits per heavy atom. The van der Waals surface area contributed by atoms with Crippen LogP contribution in [0, 0.1) is 0 Å². The number of rotatable bonds is 6. The van der Waals surface area contributed by atoms with Crippen LogP contribution >= 0.6 is 23.4 Å². The van der Waals surface area contributed by atoms with E-state index in [1.54, 1.807) is 11.8 Å². The summed E-state index contributed by atoms with van der Waals surface area (Å²) in [6.45, 7) is 2.52. The smallest absolute Gasteiger partial charge is 0.125 e. The van der Waals surface area contributed by atoms with Gasteiger partial charge >= 0.3 is 0 Å². The van der Waals surface area contributed by atoms with Gasteiger partial charge in [-0.15, -0.1) is 11.8 Å². The lowest BCUT2D eigenvalue weighted by atomic mass is 10.1. The van der Waals surface area contributed by atoms with Crippen molar-refractivity contribution < 1.29 is 9.84 Å². The Kier molecular flexibility index (Phi) is 5.77. The van der Waals surface area contributed by atoms with E-state index in [0.717, 1.165) is 16.2 Å². The predicted octanol–water partition coefficient (Wildman–Crippen LogP) is 4.56. The van der Waals surface area contributed by atoms with E-state index >= 15 is 0 Å². The Morgan fingerprint density at radius 3 is 2.75 bits per heavy atom. The molecule has 0 heterocycles. The van der Waals surface area contributed by atoms with Crippen LogP contribution < -0.4 is 4.74 Å². The van der Waals surface area contributed by atoms with Gasteiger partial charge in [-0.3, -0.25) is 0 Å². The van der Waals surface area contributed by atoms with Crippen molar-refractivity contribution in [2.75, 3.05) is 12.4 Å². The Bertz CT molecular complexity index is 560. The standard InChI is InChI=1S/C16H17ClO2S/c1-2-19-16-9-4-3-8-14(16)15(18)11-20-13-7-5-6-12(17)10-13/h3-10,15,18H,2,11H2,1H3. The summed E-state index contributed by atoms with van der Waals surface area (Å²) in [6, 6.07) is 15.2. The van der Waals surface area contributed by atoms with E-state index in [4.69, 9.17) is 16.3 Å². The molecule has 0 aliphatic carbocycles. The lowest BCUT2D eigenvalue weighted by molar-refractivity contribution is 0.196. The number of hydrogen-bond donors (Lipinski definition) is 1. The van der Waals surface area contributed by atoms with Crippen LogP contribution in [-0.2, 0) is 0 Å². The normalized spacial score (nSPS) is 12.2. The van der Waals surface area contributed by atoms with Crippen LogP contribution in [0.15, 0.2) is 53.4 Å². The van der Waals surface area contributed by atoms with Crippen molar-refractivity contribution in [1.29, 1.82) is 0 Å². The maximum Gasteiger partial charge on any atom is 0.125 e. The first-order valence-corrected chi connectivity index (χ1v) is 7.85. The minimum atomic E-state index is -0.568. The lowest BCUT2D eigenvalue weighted by Crippen LogP contribution is -2.04. The van der Waals surface area contributed by atoms with Crippen LogP contribution in [0.25, 0.3) is 0 Å². The third-order valence-corrected chi connectivity index (χ3v) is 4.09. The van der Waals surface area contributed by atoms with Crippen molar-refractivity contribution in [3.05, 3.63) is 59.1 Å². The molecule has 2 aromatic carbocycles. The average molecular weight is 309 g/mol. The Morgan fingerprint density at radius 2 is 2.00 bits per heavy atom. The summed E-state index contributed by atoms with van der Waals surface area (Å²) in [5.41, 5.74) is 0.823. The van der Waals surface area contributed by atoms with E-state index in [1.807, 2.05) is 55.5 Å². The molecule has 2 nitrogen and oxygen atoms in total. The van der Waals surface area contributed by atoms with Crippen LogP contribution in [-0.4, -0.2) is 17.5 Å². The Hall–Kier alpha value is -1.16. The first-order chi connectivity index (χ1) is 9.70. The van der Waals surface area contributed by atoms with E-state index < -0.39 is 6.10 Å². The zero-order chi connectivity index (χ0) is 14.4. The molecule has 0 saturated heterocycles. The topological polar surface area (TPSA) is 29.5 Å². The quantitative estimate of drug-likeness (QED) is 0.793. The highest BCUT2D eigenvalue weighted by atomic mass is 35.5. The SMILES string of the molecule is CCOc1ccccc1C(O)CSc1cccc(Cl)c1. The van der Waals surface area contributed by atoms with Crippen molar-refractivity contribution in [2.24, 2.45) is 0 Å². The number of thioether (sulfide) groups is 1. The van der Waals surface area contributed by atoms with Crippen molar-refractivity contribution in [1.82, 2.24) is 0 Å². The van der Waals surface area contributed by atoms with E-state index in [1.165, 1.54) is 0 Å². The molecular formula is C16H17ClO2S. The zero-order valence-corrected chi connectivity index (χ0v) is 12.8. The van der Waals surface area contributed by atoms with Gasteiger partial charge in [0.1, 0.15) is 5.75 Å². The first-order valence-electron chi connectivity index (χ1n) is 6.49. The summed E-state index contributed by atoms with van der Waals surface area (Å²) in [5.74, 6) is 1.30. The van der Waals surface area contributed by atoms with Gasteiger partial charge in [-0.25, -0.2) is 0 Å². The first kappa shape index (κ1) is 15.2. The van der Waals surface area contributed by atoms with Gasteiger partial charge in [0.25, 0.3) is 0 Å². The van der Waals surface area contributed by atoms with Gasteiger partial charge in [0.15, 0.2) is 0 Å². The summed E-state index contributed by atoms with van der Waals surface area (Å²) in [5, 5.41) is 11.0. The summed E-state index contributed by atoms with van der Waals surface area (Å²) in [4.78, 5) is 1.05. The molecular weight excluding hydrogens is 292 g/mol. The fourth-order valence-corrected chi connectivity index (χ4v) is 3.03. The number of ether oxygens (including phenoxy) is 1. The highest BCUT2D eigenvalue weighted by Gasteiger charge is 2.13. The second-order valence-electron chi connectivity index (χ2n) is 4.26. The van der Waals surface area contributed by atoms with Gasteiger partial charge < -0.3 is 9.84 Å². The fraction of sp³-hybridized carbons (Fsp3) is 0.250. The molecule has 20 heavy (non-hydrogen) atoms. The molecule has 0 aliphatic rings. The monoisotopic (exact) mass is 308 g/mol. The van der Waals surface area contributed by atoms with Crippen molar-refractivity contribution in [3.8, 4) is 5.75 Å². The predicted molar refractivity (Wildman–Crippen MR) is 84.7 cm³/mol. The maximum absolute atomic E-state index is 10.3. The Balaban J connectivity index is 2.03. The highest BCUT2D eigenvalue weighted by Crippen LogP contribution is 2.30. The largest absolute Gasteiger partial charge is 0.493 e. The average Bonchev–Trinajstić information content (AvgIpc) is 2.46. The van der Waals surface area contributed by atoms with E-state index in [0.29, 0.717) is 17.4 Å². The molecule has 0 spiro atoms. The number of halogens is 1. The van der Waals surface area contributed by atoms with Crippen molar-refractivity contribution >= 4 is 23.4 Å². The fourth-order valence-electron chi connectivity index (χ4n) is 1.86. The zero-order valence-electron chi connectivity index (χ0n) is 11.3. The number of benzene rings is 2. The molecule has 0 fully saturated rings. The van der Waals surface area contributed by atoms with Crippen LogP contribution in [0.1, 0.15) is 18.6 Å². The molecule has 0 saturated carbocycles. The lowest BCUT2D eigenvalue weighted by Gasteiger charge is -2.15. The third kappa shape index (κ3) is 4.17. The molecule has 0 bridgehead atoms. The number of para-hydroxylation sites is 1. The summed E-state index contributed by atoms with van der Waals surface area (Å²) >= 11 is 7.52. The molecule has 1 unspecified atom stereocenters. The van der Waals surface area contributed by atoms with Crippen LogP contribution in [0.2, 0.25) is 5.02 Å². The van der Waals surface area contributed by atoms with Crippen LogP contribution in [0.4, 0.5) is 0 Å². The van der Waals surface area contributed by atoms with Gasteiger partial charge in [-0.1, -0.05) is 35.9 Å². The van der Waals surface area contributed by atoms with Crippen LogP contribution in [0.5, 0.6) is 5.75 Å². The number of aliphatic hydroxyl groups excluding tert-OH is 1. The van der Waals surface area contributed by atoms with Crippen LogP contribution in [0.3, 0.4) is 0 Å². The van der Waals surface area contributed by atoms with Gasteiger partial charge in [-0.05, 0) is 31.2 Å². The van der Waals surface area contributed by atoms with Gasteiger partial charge in [0.2, 0.25) is 0 Å². The molecule has 2 rings (SSSR count).